The van der Waals surface area contributed by atoms with Crippen molar-refractivity contribution in [2.24, 2.45) is 0 Å². The molecule has 0 amide bonds. The number of hydrogen-bond donors (Lipinski definition) is 0. The first-order chi connectivity index (χ1) is 25.0. The second-order valence-electron chi connectivity index (χ2n) is 14.2. The third kappa shape index (κ3) is 4.71. The van der Waals surface area contributed by atoms with Gasteiger partial charge in [-0.15, -0.1) is 0 Å². The topological polar surface area (TPSA) is 25.8 Å². The van der Waals surface area contributed by atoms with Crippen LogP contribution in [0.25, 0.3) is 88.5 Å². The Morgan fingerprint density at radius 1 is 0.373 bits per heavy atom. The molecule has 0 saturated carbocycles. The highest BCUT2D eigenvalue weighted by atomic mass is 14.9. The molecule has 240 valence electrons. The van der Waals surface area contributed by atoms with E-state index >= 15 is 0 Å². The van der Waals surface area contributed by atoms with E-state index in [1.165, 1.54) is 65.7 Å². The van der Waals surface area contributed by atoms with Crippen LogP contribution in [0.3, 0.4) is 0 Å². The molecule has 10 rings (SSSR count). The fourth-order valence-corrected chi connectivity index (χ4v) is 8.29. The Labute approximate surface area is 297 Å². The van der Waals surface area contributed by atoms with E-state index in [1.54, 1.807) is 0 Å². The van der Waals surface area contributed by atoms with Crippen molar-refractivity contribution in [3.8, 4) is 56.2 Å². The third-order valence-electron chi connectivity index (χ3n) is 10.9. The van der Waals surface area contributed by atoms with E-state index in [9.17, 15) is 0 Å². The van der Waals surface area contributed by atoms with Crippen molar-refractivity contribution in [3.05, 3.63) is 181 Å². The quantitative estimate of drug-likeness (QED) is 0.140. The number of benzene rings is 8. The molecule has 0 fully saturated rings. The molecule has 1 aliphatic rings. The van der Waals surface area contributed by atoms with Crippen molar-refractivity contribution in [3.63, 3.8) is 0 Å². The molecule has 9 aromatic rings. The molecule has 0 unspecified atom stereocenters. The number of rotatable bonds is 4. The summed E-state index contributed by atoms with van der Waals surface area (Å²) >= 11 is 0. The fraction of sp³-hybridized carbons (Fsp3) is 0.0612. The normalized spacial score (nSPS) is 13.1. The fourth-order valence-electron chi connectivity index (χ4n) is 8.29. The van der Waals surface area contributed by atoms with Gasteiger partial charge in [-0.2, -0.15) is 0 Å². The molecule has 2 nitrogen and oxygen atoms in total. The lowest BCUT2D eigenvalue weighted by Gasteiger charge is -2.22. The van der Waals surface area contributed by atoms with Gasteiger partial charge in [0.25, 0.3) is 0 Å². The summed E-state index contributed by atoms with van der Waals surface area (Å²) in [6, 6.07) is 61.3. The Bertz CT molecular complexity index is 2830. The second kappa shape index (κ2) is 11.3. The number of nitrogens with zero attached hydrogens (tertiary/aromatic N) is 2. The van der Waals surface area contributed by atoms with Gasteiger partial charge in [-0.25, -0.2) is 9.97 Å². The zero-order chi connectivity index (χ0) is 34.1. The lowest BCUT2D eigenvalue weighted by atomic mass is 9.82. The van der Waals surface area contributed by atoms with Gasteiger partial charge in [0.2, 0.25) is 0 Å². The average molecular weight is 651 g/mol. The second-order valence-corrected chi connectivity index (χ2v) is 14.2. The smallest absolute Gasteiger partial charge is 0.160 e. The molecule has 0 aliphatic heterocycles. The van der Waals surface area contributed by atoms with Crippen LogP contribution in [0.15, 0.2) is 170 Å². The van der Waals surface area contributed by atoms with Crippen LogP contribution in [0, 0.1) is 0 Å². The van der Waals surface area contributed by atoms with Crippen molar-refractivity contribution in [1.29, 1.82) is 0 Å². The van der Waals surface area contributed by atoms with E-state index in [1.807, 2.05) is 6.07 Å². The Morgan fingerprint density at radius 3 is 1.86 bits per heavy atom. The van der Waals surface area contributed by atoms with Gasteiger partial charge in [0.1, 0.15) is 0 Å². The molecule has 0 atom stereocenters. The van der Waals surface area contributed by atoms with Gasteiger partial charge in [-0.1, -0.05) is 159 Å². The first-order valence-electron chi connectivity index (χ1n) is 17.7. The SMILES string of the molecule is CC1(C)c2ccccc2-c2ccc(-c3cc(-c4cccc(-c5c6ccccc6cc6c5ccc5ccccc56)c4)nc(-c4ccccc4)n3)cc21. The molecule has 1 aliphatic carbocycles. The molecule has 0 bridgehead atoms. The van der Waals surface area contributed by atoms with Gasteiger partial charge in [0.05, 0.1) is 11.4 Å². The Balaban J connectivity index is 1.17. The molecule has 0 radical (unpaired) electrons. The maximum atomic E-state index is 5.22. The minimum Gasteiger partial charge on any atom is -0.228 e. The van der Waals surface area contributed by atoms with Gasteiger partial charge >= 0.3 is 0 Å². The van der Waals surface area contributed by atoms with E-state index < -0.39 is 0 Å². The first kappa shape index (κ1) is 29.5. The zero-order valence-electron chi connectivity index (χ0n) is 28.6. The molecule has 1 heterocycles. The highest BCUT2D eigenvalue weighted by molar-refractivity contribution is 6.20. The average Bonchev–Trinajstić information content (AvgIpc) is 3.42. The van der Waals surface area contributed by atoms with Crippen molar-refractivity contribution in [2.45, 2.75) is 19.3 Å². The van der Waals surface area contributed by atoms with Crippen LogP contribution in [-0.2, 0) is 5.41 Å². The lowest BCUT2D eigenvalue weighted by molar-refractivity contribution is 0.660. The molecule has 8 aromatic carbocycles. The monoisotopic (exact) mass is 650 g/mol. The Morgan fingerprint density at radius 2 is 1.02 bits per heavy atom. The summed E-state index contributed by atoms with van der Waals surface area (Å²) in [4.78, 5) is 10.4. The van der Waals surface area contributed by atoms with Crippen molar-refractivity contribution >= 4 is 32.3 Å². The first-order valence-corrected chi connectivity index (χ1v) is 17.7. The van der Waals surface area contributed by atoms with Crippen LogP contribution in [0.1, 0.15) is 25.0 Å². The lowest BCUT2D eigenvalue weighted by Crippen LogP contribution is -2.14. The maximum absolute atomic E-state index is 5.22. The molecule has 51 heavy (non-hydrogen) atoms. The van der Waals surface area contributed by atoms with E-state index in [0.717, 1.165) is 33.9 Å². The highest BCUT2D eigenvalue weighted by Crippen LogP contribution is 2.49. The summed E-state index contributed by atoms with van der Waals surface area (Å²) in [5.74, 6) is 0.721. The molecule has 0 spiro atoms. The number of fused-ring (bicyclic) bond motifs is 7. The minimum atomic E-state index is -0.0963. The molecule has 0 N–H and O–H groups in total. The van der Waals surface area contributed by atoms with E-state index in [-0.39, 0.29) is 5.41 Å². The van der Waals surface area contributed by atoms with Crippen LogP contribution in [0.2, 0.25) is 0 Å². The molecular formula is C49H34N2. The van der Waals surface area contributed by atoms with E-state index in [4.69, 9.17) is 9.97 Å². The summed E-state index contributed by atoms with van der Waals surface area (Å²) in [6.45, 7) is 4.65. The van der Waals surface area contributed by atoms with Crippen LogP contribution < -0.4 is 0 Å². The number of hydrogen-bond acceptors (Lipinski definition) is 2. The predicted molar refractivity (Wildman–Crippen MR) is 214 cm³/mol. The van der Waals surface area contributed by atoms with Crippen LogP contribution in [-0.4, -0.2) is 9.97 Å². The summed E-state index contributed by atoms with van der Waals surface area (Å²) in [7, 11) is 0. The van der Waals surface area contributed by atoms with Crippen LogP contribution >= 0.6 is 0 Å². The third-order valence-corrected chi connectivity index (χ3v) is 10.9. The van der Waals surface area contributed by atoms with Crippen molar-refractivity contribution in [1.82, 2.24) is 9.97 Å². The van der Waals surface area contributed by atoms with Gasteiger partial charge in [-0.3, -0.25) is 0 Å². The molecule has 0 saturated heterocycles. The number of aromatic nitrogens is 2. The van der Waals surface area contributed by atoms with Gasteiger partial charge in [-0.05, 0) is 90.0 Å². The predicted octanol–water partition coefficient (Wildman–Crippen LogP) is 12.9. The standard InChI is InChI=1S/C49H34N2/c1-49(2)43-22-11-10-21-39(43)40-25-24-35(29-44(40)49)46-30-45(50-48(51-46)32-14-4-3-5-15-32)34-17-12-18-36(27-34)47-38-20-9-7-16-33(38)28-42-37-19-8-6-13-31(37)23-26-41(42)47/h3-30H,1-2H3. The van der Waals surface area contributed by atoms with Gasteiger partial charge < -0.3 is 0 Å². The van der Waals surface area contributed by atoms with Gasteiger partial charge in [0.15, 0.2) is 5.82 Å². The van der Waals surface area contributed by atoms with E-state index in [2.05, 4.69) is 178 Å². The molecule has 1 aromatic heterocycles. The van der Waals surface area contributed by atoms with Crippen molar-refractivity contribution < 1.29 is 0 Å². The Kier molecular flexibility index (Phi) is 6.56. The molecule has 2 heteroatoms. The highest BCUT2D eigenvalue weighted by Gasteiger charge is 2.35. The van der Waals surface area contributed by atoms with Gasteiger partial charge in [0, 0.05) is 22.1 Å². The zero-order valence-corrected chi connectivity index (χ0v) is 28.6. The largest absolute Gasteiger partial charge is 0.228 e. The maximum Gasteiger partial charge on any atom is 0.160 e. The van der Waals surface area contributed by atoms with E-state index in [0.29, 0.717) is 0 Å². The summed E-state index contributed by atoms with van der Waals surface area (Å²) in [5.41, 5.74) is 12.6. The summed E-state index contributed by atoms with van der Waals surface area (Å²) in [6.07, 6.45) is 0. The Hall–Kier alpha value is -6.38. The summed E-state index contributed by atoms with van der Waals surface area (Å²) < 4.78 is 0. The summed E-state index contributed by atoms with van der Waals surface area (Å²) in [5, 5.41) is 7.52. The van der Waals surface area contributed by atoms with Crippen LogP contribution in [0.5, 0.6) is 0 Å². The van der Waals surface area contributed by atoms with Crippen LogP contribution in [0.4, 0.5) is 0 Å². The van der Waals surface area contributed by atoms with Crippen molar-refractivity contribution in [2.75, 3.05) is 0 Å². The minimum absolute atomic E-state index is 0.0963. The molecular weight excluding hydrogens is 617 g/mol.